The van der Waals surface area contributed by atoms with Gasteiger partial charge in [0.05, 0.1) is 12.7 Å². The number of fused-ring (bicyclic) bond motifs is 1. The van der Waals surface area contributed by atoms with Crippen molar-refractivity contribution in [2.45, 2.75) is 6.92 Å². The van der Waals surface area contributed by atoms with Gasteiger partial charge in [0.1, 0.15) is 5.69 Å². The van der Waals surface area contributed by atoms with Gasteiger partial charge in [-0.25, -0.2) is 15.6 Å². The number of aromatic nitrogens is 2. The SMILES string of the molecule is COC(=O)c1cc(N(N)/C(COC(C)=O)=N\N)c2nccn2c1.[V]. The normalized spacial score (nSPS) is 10.9. The smallest absolute Gasteiger partial charge is 0.339 e. The fourth-order valence-corrected chi connectivity index (χ4v) is 1.90. The minimum atomic E-state index is -0.540. The number of hydrogen-bond donors (Lipinski definition) is 2. The summed E-state index contributed by atoms with van der Waals surface area (Å²) in [6.45, 7) is 1.03. The summed E-state index contributed by atoms with van der Waals surface area (Å²) in [5.41, 5.74) is 1.06. The second-order valence-corrected chi connectivity index (χ2v) is 4.46. The predicted octanol–water partition coefficient (Wildman–Crippen LogP) is -0.366. The van der Waals surface area contributed by atoms with Gasteiger partial charge < -0.3 is 19.7 Å². The van der Waals surface area contributed by atoms with Gasteiger partial charge in [-0.2, -0.15) is 5.10 Å². The number of hydrazone groups is 1. The zero-order valence-electron chi connectivity index (χ0n) is 13.0. The summed E-state index contributed by atoms with van der Waals surface area (Å²) in [7, 11) is 1.27. The van der Waals surface area contributed by atoms with Crippen LogP contribution in [0.25, 0.3) is 5.65 Å². The van der Waals surface area contributed by atoms with Crippen LogP contribution < -0.4 is 16.7 Å². The van der Waals surface area contributed by atoms with E-state index in [-0.39, 0.29) is 36.6 Å². The number of carbonyl (C=O) groups is 2. The van der Waals surface area contributed by atoms with Gasteiger partial charge in [-0.15, -0.1) is 0 Å². The summed E-state index contributed by atoms with van der Waals surface area (Å²) in [5, 5.41) is 4.60. The first-order valence-corrected chi connectivity index (χ1v) is 6.48. The van der Waals surface area contributed by atoms with E-state index >= 15 is 0 Å². The minimum Gasteiger partial charge on any atom is -0.465 e. The first kappa shape index (κ1) is 19.5. The number of hydrogen-bond acceptors (Lipinski definition) is 8. The van der Waals surface area contributed by atoms with Gasteiger partial charge in [0, 0.05) is 44.1 Å². The Kier molecular flexibility index (Phi) is 6.77. The molecule has 0 saturated carbocycles. The van der Waals surface area contributed by atoms with Gasteiger partial charge in [-0.05, 0) is 6.07 Å². The number of pyridine rings is 1. The Hall–Kier alpha value is -2.56. The number of anilines is 1. The molecule has 0 bridgehead atoms. The summed E-state index contributed by atoms with van der Waals surface area (Å²) in [5.74, 6) is 10.3. The molecule has 0 amide bonds. The average molecular weight is 371 g/mol. The molecule has 0 aliphatic heterocycles. The molecule has 11 heteroatoms. The molecule has 2 rings (SSSR count). The Morgan fingerprint density at radius 1 is 1.46 bits per heavy atom. The van der Waals surface area contributed by atoms with Crippen LogP contribution in [0.5, 0.6) is 0 Å². The van der Waals surface area contributed by atoms with E-state index in [0.29, 0.717) is 11.3 Å². The van der Waals surface area contributed by atoms with Gasteiger partial charge in [0.25, 0.3) is 0 Å². The van der Waals surface area contributed by atoms with Crippen molar-refractivity contribution in [3.05, 3.63) is 30.2 Å². The Bertz CT molecular complexity index is 775. The minimum absolute atomic E-state index is 0. The summed E-state index contributed by atoms with van der Waals surface area (Å²) < 4.78 is 11.1. The number of hydrazine groups is 1. The molecule has 4 N–H and O–H groups in total. The van der Waals surface area contributed by atoms with E-state index in [1.54, 1.807) is 23.0 Å². The van der Waals surface area contributed by atoms with Crippen LogP contribution >= 0.6 is 0 Å². The number of ether oxygens (including phenoxy) is 2. The molecule has 24 heavy (non-hydrogen) atoms. The molecule has 0 saturated heterocycles. The molecule has 0 spiro atoms. The molecule has 0 fully saturated rings. The molecular formula is C13H16N6O4V. The zero-order valence-corrected chi connectivity index (χ0v) is 14.4. The number of carbonyl (C=O) groups excluding carboxylic acids is 2. The van der Waals surface area contributed by atoms with E-state index in [4.69, 9.17) is 21.2 Å². The van der Waals surface area contributed by atoms with Crippen LogP contribution in [0.1, 0.15) is 17.3 Å². The summed E-state index contributed by atoms with van der Waals surface area (Å²) in [6.07, 6.45) is 4.74. The van der Waals surface area contributed by atoms with Crippen molar-refractivity contribution in [2.24, 2.45) is 16.8 Å². The first-order valence-electron chi connectivity index (χ1n) is 6.48. The van der Waals surface area contributed by atoms with E-state index in [1.807, 2.05) is 0 Å². The molecule has 0 aromatic carbocycles. The van der Waals surface area contributed by atoms with Crippen LogP contribution in [0.4, 0.5) is 5.69 Å². The van der Waals surface area contributed by atoms with Crippen molar-refractivity contribution in [3.63, 3.8) is 0 Å². The molecule has 0 unspecified atom stereocenters. The molecule has 127 valence electrons. The number of rotatable bonds is 4. The second kappa shape index (κ2) is 8.34. The van der Waals surface area contributed by atoms with Gasteiger partial charge in [0.2, 0.25) is 0 Å². The van der Waals surface area contributed by atoms with Crippen molar-refractivity contribution >= 4 is 29.1 Å². The Morgan fingerprint density at radius 2 is 2.17 bits per heavy atom. The van der Waals surface area contributed by atoms with Crippen LogP contribution in [0.3, 0.4) is 0 Å². The van der Waals surface area contributed by atoms with E-state index in [0.717, 1.165) is 5.01 Å². The van der Waals surface area contributed by atoms with Crippen molar-refractivity contribution in [2.75, 3.05) is 18.7 Å². The number of esters is 2. The van der Waals surface area contributed by atoms with Crippen LogP contribution in [0, 0.1) is 0 Å². The molecule has 2 heterocycles. The summed E-state index contributed by atoms with van der Waals surface area (Å²) in [6, 6.07) is 1.48. The van der Waals surface area contributed by atoms with E-state index in [9.17, 15) is 9.59 Å². The molecule has 2 aromatic heterocycles. The van der Waals surface area contributed by atoms with Gasteiger partial charge in [0.15, 0.2) is 18.1 Å². The second-order valence-electron chi connectivity index (χ2n) is 4.46. The largest absolute Gasteiger partial charge is 0.465 e. The monoisotopic (exact) mass is 371 g/mol. The third-order valence-electron chi connectivity index (χ3n) is 2.98. The van der Waals surface area contributed by atoms with Crippen LogP contribution in [-0.4, -0.2) is 40.9 Å². The van der Waals surface area contributed by atoms with Crippen LogP contribution in [0.15, 0.2) is 29.8 Å². The number of nitrogens with zero attached hydrogens (tertiary/aromatic N) is 4. The number of nitrogens with two attached hydrogens (primary N) is 2. The number of methoxy groups -OCH3 is 1. The van der Waals surface area contributed by atoms with Crippen molar-refractivity contribution in [1.29, 1.82) is 0 Å². The molecule has 0 aliphatic rings. The molecule has 2 aromatic rings. The quantitative estimate of drug-likeness (QED) is 0.244. The standard InChI is InChI=1S/C13H16N6O4.V/c1-8(20)23-7-11(17-14)19(15)10-5-9(13(21)22-2)6-18-4-3-16-12(10)18;/h3-6H,7,14-15H2,1-2H3;/b17-11-;. The van der Waals surface area contributed by atoms with E-state index in [2.05, 4.69) is 10.1 Å². The maximum atomic E-state index is 11.8. The Morgan fingerprint density at radius 3 is 2.75 bits per heavy atom. The first-order chi connectivity index (χ1) is 11.0. The maximum absolute atomic E-state index is 11.8. The fraction of sp³-hybridized carbons (Fsp3) is 0.231. The van der Waals surface area contributed by atoms with E-state index in [1.165, 1.54) is 20.1 Å². The van der Waals surface area contributed by atoms with E-state index < -0.39 is 11.9 Å². The van der Waals surface area contributed by atoms with Crippen molar-refractivity contribution in [3.8, 4) is 0 Å². The summed E-state index contributed by atoms with van der Waals surface area (Å²) >= 11 is 0. The van der Waals surface area contributed by atoms with Gasteiger partial charge in [-0.1, -0.05) is 0 Å². The molecule has 0 atom stereocenters. The average Bonchev–Trinajstić information content (AvgIpc) is 3.01. The fourth-order valence-electron chi connectivity index (χ4n) is 1.90. The van der Waals surface area contributed by atoms with Crippen LogP contribution in [-0.2, 0) is 32.8 Å². The third-order valence-corrected chi connectivity index (χ3v) is 2.98. The maximum Gasteiger partial charge on any atom is 0.339 e. The topological polar surface area (TPSA) is 138 Å². The molecule has 10 nitrogen and oxygen atoms in total. The third kappa shape index (κ3) is 4.04. The molecule has 0 aliphatic carbocycles. The van der Waals surface area contributed by atoms with Gasteiger partial charge in [-0.3, -0.25) is 9.80 Å². The van der Waals surface area contributed by atoms with Gasteiger partial charge >= 0.3 is 11.9 Å². The van der Waals surface area contributed by atoms with Crippen molar-refractivity contribution < 1.29 is 37.6 Å². The zero-order chi connectivity index (χ0) is 17.0. The number of imidazole rings is 1. The predicted molar refractivity (Wildman–Crippen MR) is 81.5 cm³/mol. The Labute approximate surface area is 149 Å². The summed E-state index contributed by atoms with van der Waals surface area (Å²) in [4.78, 5) is 26.9. The Balaban J connectivity index is 0.00000288. The molecular weight excluding hydrogens is 355 g/mol. The molecule has 1 radical (unpaired) electrons. The van der Waals surface area contributed by atoms with Crippen molar-refractivity contribution in [1.82, 2.24) is 9.38 Å². The van der Waals surface area contributed by atoms with Crippen LogP contribution in [0.2, 0.25) is 0 Å². The number of amidine groups is 1.